The summed E-state index contributed by atoms with van der Waals surface area (Å²) in [4.78, 5) is 26.7. The molecule has 6 heteroatoms. The summed E-state index contributed by atoms with van der Waals surface area (Å²) in [5, 5.41) is 8.95. The maximum Gasteiger partial charge on any atom is 0.334 e. The number of urea groups is 1. The Labute approximate surface area is 114 Å². The molecule has 0 bridgehead atoms. The summed E-state index contributed by atoms with van der Waals surface area (Å²) >= 11 is 0. The van der Waals surface area contributed by atoms with Crippen LogP contribution in [-0.4, -0.2) is 65.3 Å². The van der Waals surface area contributed by atoms with Crippen LogP contribution >= 0.6 is 0 Å². The van der Waals surface area contributed by atoms with E-state index in [9.17, 15) is 9.59 Å². The van der Waals surface area contributed by atoms with Crippen LogP contribution in [0.25, 0.3) is 0 Å². The number of hydrogen-bond donors (Lipinski definition) is 1. The molecule has 1 rings (SSSR count). The zero-order chi connectivity index (χ0) is 14.6. The van der Waals surface area contributed by atoms with Crippen LogP contribution in [0.4, 0.5) is 4.79 Å². The number of nitrogens with zero attached hydrogens (tertiary/aromatic N) is 2. The monoisotopic (exact) mass is 272 g/mol. The fraction of sp³-hybridized carbons (Fsp3) is 0.846. The van der Waals surface area contributed by atoms with Gasteiger partial charge in [0.15, 0.2) is 6.10 Å². The normalized spacial score (nSPS) is 19.9. The van der Waals surface area contributed by atoms with Crippen molar-refractivity contribution in [2.75, 3.05) is 26.2 Å². The van der Waals surface area contributed by atoms with Crippen molar-refractivity contribution in [2.24, 2.45) is 5.92 Å². The van der Waals surface area contributed by atoms with Gasteiger partial charge in [-0.1, -0.05) is 13.8 Å². The van der Waals surface area contributed by atoms with Crippen molar-refractivity contribution in [1.29, 1.82) is 0 Å². The number of rotatable bonds is 4. The molecule has 0 spiro atoms. The van der Waals surface area contributed by atoms with Gasteiger partial charge < -0.3 is 19.6 Å². The molecule has 1 aliphatic heterocycles. The Balaban J connectivity index is 2.70. The first-order valence-corrected chi connectivity index (χ1v) is 6.72. The largest absolute Gasteiger partial charge is 0.479 e. The van der Waals surface area contributed by atoms with Crippen molar-refractivity contribution < 1.29 is 19.4 Å². The Morgan fingerprint density at radius 1 is 1.37 bits per heavy atom. The van der Waals surface area contributed by atoms with Crippen LogP contribution in [0, 0.1) is 5.92 Å². The van der Waals surface area contributed by atoms with E-state index in [0.29, 0.717) is 19.0 Å². The Hall–Kier alpha value is -1.30. The molecule has 1 fully saturated rings. The predicted octanol–water partition coefficient (Wildman–Crippen LogP) is 1.26. The smallest absolute Gasteiger partial charge is 0.334 e. The molecule has 2 amide bonds. The highest BCUT2D eigenvalue weighted by Gasteiger charge is 2.32. The highest BCUT2D eigenvalue weighted by Crippen LogP contribution is 2.12. The van der Waals surface area contributed by atoms with E-state index in [1.807, 2.05) is 13.8 Å². The van der Waals surface area contributed by atoms with E-state index in [0.717, 1.165) is 0 Å². The zero-order valence-electron chi connectivity index (χ0n) is 12.1. The molecule has 0 saturated carbocycles. The molecule has 0 aromatic rings. The molecular formula is C13H24N2O4. The van der Waals surface area contributed by atoms with E-state index in [-0.39, 0.29) is 25.2 Å². The van der Waals surface area contributed by atoms with Gasteiger partial charge in [-0.15, -0.1) is 0 Å². The minimum atomic E-state index is -1.02. The van der Waals surface area contributed by atoms with E-state index >= 15 is 0 Å². The molecule has 1 saturated heterocycles. The number of carbonyl (C=O) groups is 2. The van der Waals surface area contributed by atoms with Crippen LogP contribution in [0.2, 0.25) is 0 Å². The molecule has 1 atom stereocenters. The summed E-state index contributed by atoms with van der Waals surface area (Å²) in [7, 11) is 0. The molecule has 0 aliphatic carbocycles. The van der Waals surface area contributed by atoms with Gasteiger partial charge in [0.25, 0.3) is 0 Å². The number of aliphatic carboxylic acids is 1. The molecule has 110 valence electrons. The Kier molecular flexibility index (Phi) is 5.60. The van der Waals surface area contributed by atoms with Crippen LogP contribution in [-0.2, 0) is 9.53 Å². The number of hydrogen-bond acceptors (Lipinski definition) is 3. The number of carboxylic acids is 1. The van der Waals surface area contributed by atoms with Crippen molar-refractivity contribution >= 4 is 12.0 Å². The number of amides is 2. The zero-order valence-corrected chi connectivity index (χ0v) is 12.1. The molecule has 0 aromatic heterocycles. The van der Waals surface area contributed by atoms with Crippen molar-refractivity contribution in [3.8, 4) is 0 Å². The first kappa shape index (κ1) is 15.8. The first-order chi connectivity index (χ1) is 8.82. The van der Waals surface area contributed by atoms with E-state index in [1.54, 1.807) is 9.80 Å². The minimum Gasteiger partial charge on any atom is -0.479 e. The van der Waals surface area contributed by atoms with Gasteiger partial charge in [-0.2, -0.15) is 0 Å². The third-order valence-corrected chi connectivity index (χ3v) is 3.04. The van der Waals surface area contributed by atoms with Crippen molar-refractivity contribution in [2.45, 2.75) is 39.8 Å². The summed E-state index contributed by atoms with van der Waals surface area (Å²) in [5.41, 5.74) is 0. The molecule has 1 N–H and O–H groups in total. The van der Waals surface area contributed by atoms with Gasteiger partial charge >= 0.3 is 12.0 Å². The Morgan fingerprint density at radius 3 is 2.47 bits per heavy atom. The lowest BCUT2D eigenvalue weighted by Crippen LogP contribution is -2.54. The molecule has 19 heavy (non-hydrogen) atoms. The summed E-state index contributed by atoms with van der Waals surface area (Å²) < 4.78 is 5.13. The van der Waals surface area contributed by atoms with Gasteiger partial charge in [-0.3, -0.25) is 0 Å². The average Bonchev–Trinajstić information content (AvgIpc) is 2.34. The van der Waals surface area contributed by atoms with E-state index < -0.39 is 12.1 Å². The Bertz CT molecular complexity index is 331. The number of carboxylic acid groups (broad SMARTS) is 1. The SMILES string of the molecule is CC(C)CN(C(=O)N1CCOC(C(=O)O)C1)C(C)C. The molecule has 0 aromatic carbocycles. The molecular weight excluding hydrogens is 248 g/mol. The topological polar surface area (TPSA) is 70.1 Å². The molecule has 0 radical (unpaired) electrons. The number of ether oxygens (including phenoxy) is 1. The number of morpholine rings is 1. The second-order valence-electron chi connectivity index (χ2n) is 5.57. The van der Waals surface area contributed by atoms with Crippen LogP contribution in [0.3, 0.4) is 0 Å². The average molecular weight is 272 g/mol. The van der Waals surface area contributed by atoms with E-state index in [2.05, 4.69) is 13.8 Å². The fourth-order valence-electron chi connectivity index (χ4n) is 2.06. The van der Waals surface area contributed by atoms with Gasteiger partial charge in [0, 0.05) is 19.1 Å². The lowest BCUT2D eigenvalue weighted by Gasteiger charge is -2.37. The molecule has 1 unspecified atom stereocenters. The Morgan fingerprint density at radius 2 is 2.00 bits per heavy atom. The van der Waals surface area contributed by atoms with Crippen molar-refractivity contribution in [3.63, 3.8) is 0 Å². The summed E-state index contributed by atoms with van der Waals surface area (Å²) in [5.74, 6) is -0.639. The van der Waals surface area contributed by atoms with Gasteiger partial charge in [0.05, 0.1) is 13.2 Å². The lowest BCUT2D eigenvalue weighted by atomic mass is 10.2. The molecule has 1 aliphatic rings. The van der Waals surface area contributed by atoms with Crippen molar-refractivity contribution in [1.82, 2.24) is 9.80 Å². The number of carbonyl (C=O) groups excluding carboxylic acids is 1. The van der Waals surface area contributed by atoms with Gasteiger partial charge in [-0.25, -0.2) is 9.59 Å². The summed E-state index contributed by atoms with van der Waals surface area (Å²) in [6, 6.07) is -0.000673. The summed E-state index contributed by atoms with van der Waals surface area (Å²) in [6.07, 6.45) is -0.911. The minimum absolute atomic E-state index is 0.0982. The fourth-order valence-corrected chi connectivity index (χ4v) is 2.06. The first-order valence-electron chi connectivity index (χ1n) is 6.72. The van der Waals surface area contributed by atoms with Gasteiger partial charge in [0.2, 0.25) is 0 Å². The lowest BCUT2D eigenvalue weighted by molar-refractivity contribution is -0.154. The van der Waals surface area contributed by atoms with E-state index in [4.69, 9.17) is 9.84 Å². The highest BCUT2D eigenvalue weighted by atomic mass is 16.5. The molecule has 6 nitrogen and oxygen atoms in total. The van der Waals surface area contributed by atoms with Crippen molar-refractivity contribution in [3.05, 3.63) is 0 Å². The standard InChI is InChI=1S/C13H24N2O4/c1-9(2)7-15(10(3)4)13(18)14-5-6-19-11(8-14)12(16)17/h9-11H,5-8H2,1-4H3,(H,16,17). The maximum absolute atomic E-state index is 12.4. The van der Waals surface area contributed by atoms with E-state index in [1.165, 1.54) is 0 Å². The van der Waals surface area contributed by atoms with Crippen LogP contribution in [0.1, 0.15) is 27.7 Å². The van der Waals surface area contributed by atoms with Gasteiger partial charge in [-0.05, 0) is 19.8 Å². The highest BCUT2D eigenvalue weighted by molar-refractivity contribution is 5.77. The second kappa shape index (κ2) is 6.75. The predicted molar refractivity (Wildman–Crippen MR) is 71.0 cm³/mol. The maximum atomic E-state index is 12.4. The van der Waals surface area contributed by atoms with Crippen LogP contribution in [0.5, 0.6) is 0 Å². The van der Waals surface area contributed by atoms with Crippen LogP contribution in [0.15, 0.2) is 0 Å². The second-order valence-corrected chi connectivity index (χ2v) is 5.57. The third-order valence-electron chi connectivity index (χ3n) is 3.04. The third kappa shape index (κ3) is 4.38. The summed E-state index contributed by atoms with van der Waals surface area (Å²) in [6.45, 7) is 9.57. The quantitative estimate of drug-likeness (QED) is 0.836. The molecule has 1 heterocycles. The van der Waals surface area contributed by atoms with Crippen LogP contribution < -0.4 is 0 Å². The van der Waals surface area contributed by atoms with Gasteiger partial charge in [0.1, 0.15) is 0 Å².